The number of carboxylic acid groups (broad SMARTS) is 2. The average Bonchev–Trinajstić information content (AvgIpc) is 2.60. The third kappa shape index (κ3) is 3.20. The minimum Gasteiger partial charge on any atom is -0.549 e. The first kappa shape index (κ1) is 22.3. The van der Waals surface area contributed by atoms with Crippen LogP contribution in [0.5, 0.6) is 0 Å². The zero-order chi connectivity index (χ0) is 21.4. The fourth-order valence-electron chi connectivity index (χ4n) is 5.17. The van der Waals surface area contributed by atoms with E-state index in [2.05, 4.69) is 5.32 Å². The minimum absolute atomic E-state index is 0.120. The molecule has 1 aliphatic rings. The van der Waals surface area contributed by atoms with Gasteiger partial charge in [-0.25, -0.2) is 4.39 Å². The van der Waals surface area contributed by atoms with Crippen molar-refractivity contribution in [1.82, 2.24) is 10.2 Å². The molecule has 5 unspecified atom stereocenters. The molecule has 5 atom stereocenters. The van der Waals surface area contributed by atoms with E-state index in [-0.39, 0.29) is 12.3 Å². The van der Waals surface area contributed by atoms with Crippen LogP contribution in [-0.2, 0) is 9.59 Å². The second-order valence-electron chi connectivity index (χ2n) is 8.49. The van der Waals surface area contributed by atoms with Crippen LogP contribution in [0, 0.1) is 22.6 Å². The molecule has 1 aromatic rings. The molecule has 1 fully saturated rings. The van der Waals surface area contributed by atoms with Crippen LogP contribution >= 0.6 is 0 Å². The molecule has 0 aromatic heterocycles. The molecule has 1 aliphatic heterocycles. The summed E-state index contributed by atoms with van der Waals surface area (Å²) in [6.45, 7) is 6.99. The Morgan fingerprint density at radius 2 is 1.71 bits per heavy atom. The number of carboxylic acids is 2. The molecular formula is C21H29FN2O4-2. The molecule has 1 saturated heterocycles. The number of piperidine rings is 1. The molecule has 0 spiro atoms. The Balaban J connectivity index is 2.91. The van der Waals surface area contributed by atoms with Crippen LogP contribution in [0.25, 0.3) is 0 Å². The summed E-state index contributed by atoms with van der Waals surface area (Å²) in [6.07, 6.45) is -0.557. The predicted octanol–water partition coefficient (Wildman–Crippen LogP) is 0.327. The first-order chi connectivity index (χ1) is 12.9. The third-order valence-corrected chi connectivity index (χ3v) is 6.38. The van der Waals surface area contributed by atoms with Gasteiger partial charge in [-0.05, 0) is 44.1 Å². The quantitative estimate of drug-likeness (QED) is 0.750. The van der Waals surface area contributed by atoms with Crippen molar-refractivity contribution < 1.29 is 24.2 Å². The second-order valence-corrected chi connectivity index (χ2v) is 8.49. The zero-order valence-electron chi connectivity index (χ0n) is 17.3. The third-order valence-electron chi connectivity index (χ3n) is 6.38. The van der Waals surface area contributed by atoms with Gasteiger partial charge in [0, 0.05) is 28.8 Å². The number of benzene rings is 1. The van der Waals surface area contributed by atoms with E-state index in [0.717, 1.165) is 0 Å². The van der Waals surface area contributed by atoms with Gasteiger partial charge in [0.1, 0.15) is 5.82 Å². The van der Waals surface area contributed by atoms with E-state index in [9.17, 15) is 24.2 Å². The van der Waals surface area contributed by atoms with E-state index >= 15 is 0 Å². The number of carbonyl (C=O) groups is 2. The molecule has 28 heavy (non-hydrogen) atoms. The molecule has 0 amide bonds. The van der Waals surface area contributed by atoms with E-state index < -0.39 is 46.7 Å². The van der Waals surface area contributed by atoms with Crippen molar-refractivity contribution in [3.63, 3.8) is 0 Å². The molecule has 1 heterocycles. The summed E-state index contributed by atoms with van der Waals surface area (Å²) in [5.74, 6) is -4.27. The summed E-state index contributed by atoms with van der Waals surface area (Å²) >= 11 is 0. The van der Waals surface area contributed by atoms with Gasteiger partial charge in [-0.2, -0.15) is 0 Å². The Labute approximate surface area is 165 Å². The largest absolute Gasteiger partial charge is 0.549 e. The molecule has 7 heteroatoms. The number of rotatable bonds is 6. The van der Waals surface area contributed by atoms with E-state index in [1.54, 1.807) is 25.9 Å². The van der Waals surface area contributed by atoms with Crippen molar-refractivity contribution in [1.29, 1.82) is 0 Å². The highest BCUT2D eigenvalue weighted by Crippen LogP contribution is 2.57. The molecule has 0 saturated carbocycles. The van der Waals surface area contributed by atoms with Gasteiger partial charge in [0.05, 0.1) is 12.1 Å². The number of nitrogens with one attached hydrogen (secondary N) is 1. The minimum atomic E-state index is -1.57. The smallest absolute Gasteiger partial charge is 0.123 e. The normalized spacial score (nSPS) is 33.2. The lowest BCUT2D eigenvalue weighted by Crippen LogP contribution is -2.76. The summed E-state index contributed by atoms with van der Waals surface area (Å²) < 4.78 is 13.6. The summed E-state index contributed by atoms with van der Waals surface area (Å²) in [4.78, 5) is 26.8. The number of hydrogen-bond acceptors (Lipinski definition) is 6. The van der Waals surface area contributed by atoms with Gasteiger partial charge in [0.2, 0.25) is 0 Å². The summed E-state index contributed by atoms with van der Waals surface area (Å²) in [5, 5.41) is 28.4. The number of hydrogen-bond donors (Lipinski definition) is 1. The van der Waals surface area contributed by atoms with Gasteiger partial charge >= 0.3 is 0 Å². The van der Waals surface area contributed by atoms with E-state index in [4.69, 9.17) is 0 Å². The number of halogens is 1. The lowest BCUT2D eigenvalue weighted by atomic mass is 9.51. The molecular weight excluding hydrogens is 363 g/mol. The summed E-state index contributed by atoms with van der Waals surface area (Å²) in [5.41, 5.74) is -2.69. The SMILES string of the molecule is CCC1(C(=O)[O-])C(N(C)C)NC(C(C)C)C(C)(C(=O)[O-])C1c1ccc(F)cc1. The Hall–Kier alpha value is -1.99. The summed E-state index contributed by atoms with van der Waals surface area (Å²) in [7, 11) is 3.48. The van der Waals surface area contributed by atoms with Gasteiger partial charge in [0.25, 0.3) is 0 Å². The number of nitrogens with zero attached hydrogens (tertiary/aromatic N) is 1. The first-order valence-electron chi connectivity index (χ1n) is 9.55. The van der Waals surface area contributed by atoms with E-state index in [0.29, 0.717) is 5.56 Å². The maximum absolute atomic E-state index is 13.6. The van der Waals surface area contributed by atoms with Crippen LogP contribution in [0.15, 0.2) is 24.3 Å². The van der Waals surface area contributed by atoms with Crippen LogP contribution in [0.3, 0.4) is 0 Å². The van der Waals surface area contributed by atoms with E-state index in [1.165, 1.54) is 31.2 Å². The molecule has 0 bridgehead atoms. The maximum Gasteiger partial charge on any atom is 0.123 e. The standard InChI is InChI=1S/C21H31FN2O4/c1-7-21(19(27)28)15(13-8-10-14(22)11-9-13)20(4,18(25)26)16(12(2)3)23-17(21)24(5)6/h8-12,15-17,23H,7H2,1-6H3,(H,25,26)(H,27,28)/p-2. The highest BCUT2D eigenvalue weighted by Gasteiger charge is 2.62. The Bertz CT molecular complexity index is 736. The fraction of sp³-hybridized carbons (Fsp3) is 0.619. The van der Waals surface area contributed by atoms with Crippen LogP contribution in [0.4, 0.5) is 4.39 Å². The highest BCUT2D eigenvalue weighted by molar-refractivity contribution is 5.82. The van der Waals surface area contributed by atoms with Crippen LogP contribution in [0.2, 0.25) is 0 Å². The fourth-order valence-corrected chi connectivity index (χ4v) is 5.17. The number of carbonyl (C=O) groups excluding carboxylic acids is 2. The van der Waals surface area contributed by atoms with Crippen molar-refractivity contribution in [2.45, 2.75) is 52.2 Å². The highest BCUT2D eigenvalue weighted by atomic mass is 19.1. The summed E-state index contributed by atoms with van der Waals surface area (Å²) in [6, 6.07) is 4.79. The van der Waals surface area contributed by atoms with Crippen LogP contribution < -0.4 is 15.5 Å². The molecule has 0 aliphatic carbocycles. The molecule has 6 nitrogen and oxygen atoms in total. The number of aliphatic carboxylic acids is 2. The molecule has 2 rings (SSSR count). The van der Waals surface area contributed by atoms with Crippen molar-refractivity contribution in [2.75, 3.05) is 14.1 Å². The zero-order valence-corrected chi connectivity index (χ0v) is 17.3. The topological polar surface area (TPSA) is 95.5 Å². The van der Waals surface area contributed by atoms with Crippen molar-refractivity contribution >= 4 is 11.9 Å². The second kappa shape index (κ2) is 7.79. The van der Waals surface area contributed by atoms with Crippen molar-refractivity contribution in [3.05, 3.63) is 35.6 Å². The first-order valence-corrected chi connectivity index (χ1v) is 9.55. The monoisotopic (exact) mass is 392 g/mol. The van der Waals surface area contributed by atoms with Gasteiger partial charge < -0.3 is 19.8 Å². The predicted molar refractivity (Wildman–Crippen MR) is 99.2 cm³/mol. The van der Waals surface area contributed by atoms with Gasteiger partial charge in [0.15, 0.2) is 0 Å². The van der Waals surface area contributed by atoms with Gasteiger partial charge in [-0.15, -0.1) is 0 Å². The van der Waals surface area contributed by atoms with E-state index in [1.807, 2.05) is 13.8 Å². The maximum atomic E-state index is 13.6. The average molecular weight is 392 g/mol. The van der Waals surface area contributed by atoms with Gasteiger partial charge in [-0.1, -0.05) is 39.8 Å². The van der Waals surface area contributed by atoms with Crippen LogP contribution in [-0.4, -0.2) is 43.1 Å². The van der Waals surface area contributed by atoms with Crippen molar-refractivity contribution in [2.24, 2.45) is 16.7 Å². The lowest BCUT2D eigenvalue weighted by Gasteiger charge is -2.63. The Kier molecular flexibility index (Phi) is 6.21. The van der Waals surface area contributed by atoms with Crippen LogP contribution in [0.1, 0.15) is 45.6 Å². The molecule has 156 valence electrons. The molecule has 1 aromatic carbocycles. The lowest BCUT2D eigenvalue weighted by molar-refractivity contribution is -0.339. The molecule has 1 N–H and O–H groups in total. The van der Waals surface area contributed by atoms with Crippen molar-refractivity contribution in [3.8, 4) is 0 Å². The Morgan fingerprint density at radius 3 is 2.07 bits per heavy atom. The Morgan fingerprint density at radius 1 is 1.18 bits per heavy atom. The van der Waals surface area contributed by atoms with Gasteiger partial charge in [-0.3, -0.25) is 10.2 Å². The molecule has 0 radical (unpaired) electrons.